The Labute approximate surface area is 505 Å². The molecule has 0 aromatic carbocycles. The van der Waals surface area contributed by atoms with Gasteiger partial charge in [0.2, 0.25) is 5.91 Å². The van der Waals surface area contributed by atoms with Gasteiger partial charge >= 0.3 is 0 Å². The average Bonchev–Trinajstić information content (AvgIpc) is 3.48. The molecule has 0 saturated carbocycles. The monoisotopic (exact) mass is 1160 g/mol. The number of carbonyl (C=O) groups excluding carboxylic acids is 1. The minimum absolute atomic E-state index is 0.255. The average molecular weight is 1160 g/mol. The number of amides is 1. The number of nitrogens with one attached hydrogen (secondary N) is 1. The van der Waals surface area contributed by atoms with E-state index in [1.807, 2.05) is 0 Å². The van der Waals surface area contributed by atoms with Crippen molar-refractivity contribution in [2.45, 2.75) is 409 Å². The Morgan fingerprint density at radius 1 is 0.427 bits per heavy atom. The van der Waals surface area contributed by atoms with Gasteiger partial charge in [0.25, 0.3) is 0 Å². The molecule has 1 amide bonds. The Balaban J connectivity index is 2.19. The molecular formula is C71H137NO10. The molecular weight excluding hydrogens is 1030 g/mol. The molecule has 0 spiro atoms. The fourth-order valence-corrected chi connectivity index (χ4v) is 11.8. The molecule has 9 unspecified atom stereocenters. The Hall–Kier alpha value is -1.41. The van der Waals surface area contributed by atoms with Crippen LogP contribution in [0.15, 0.2) is 24.3 Å². The van der Waals surface area contributed by atoms with Gasteiger partial charge in [0, 0.05) is 0 Å². The second-order valence-electron chi connectivity index (χ2n) is 25.3. The maximum absolute atomic E-state index is 13.2. The molecule has 0 aliphatic carbocycles. The Morgan fingerprint density at radius 2 is 0.744 bits per heavy atom. The van der Waals surface area contributed by atoms with Crippen molar-refractivity contribution in [2.75, 3.05) is 13.2 Å². The van der Waals surface area contributed by atoms with Crippen molar-refractivity contribution in [3.05, 3.63) is 24.3 Å². The molecule has 11 nitrogen and oxygen atoms in total. The number of rotatable bonds is 63. The first-order valence-corrected chi connectivity index (χ1v) is 35.7. The van der Waals surface area contributed by atoms with Gasteiger partial charge in [-0.15, -0.1) is 0 Å². The molecule has 1 aliphatic rings. The first-order valence-electron chi connectivity index (χ1n) is 35.7. The number of hydrogen-bond acceptors (Lipinski definition) is 10. The third-order valence-corrected chi connectivity index (χ3v) is 17.5. The Morgan fingerprint density at radius 3 is 1.09 bits per heavy atom. The van der Waals surface area contributed by atoms with E-state index >= 15 is 0 Å². The van der Waals surface area contributed by atoms with Crippen LogP contribution in [0.3, 0.4) is 0 Å². The molecule has 0 aromatic heterocycles. The van der Waals surface area contributed by atoms with Gasteiger partial charge in [-0.3, -0.25) is 4.79 Å². The molecule has 0 bridgehead atoms. The zero-order chi connectivity index (χ0) is 59.6. The quantitative estimate of drug-likeness (QED) is 0.0215. The maximum Gasteiger partial charge on any atom is 0.249 e. The fraction of sp³-hybridized carbons (Fsp3) is 0.930. The highest BCUT2D eigenvalue weighted by atomic mass is 16.7. The van der Waals surface area contributed by atoms with Crippen LogP contribution in [0.4, 0.5) is 0 Å². The lowest BCUT2D eigenvalue weighted by molar-refractivity contribution is -0.303. The SMILES string of the molecule is CCCCCCCCCCC/C=C\C/C=C\CCCCCCCCCCC(O)C(=O)NC(COC1OC(CO)C(O)C(O)C1O)C(O)C(O)CCCCCCCCCCCCCCCCCCCCCCCCCCCCCCCCC. The summed E-state index contributed by atoms with van der Waals surface area (Å²) < 4.78 is 11.2. The summed E-state index contributed by atoms with van der Waals surface area (Å²) >= 11 is 0. The van der Waals surface area contributed by atoms with E-state index < -0.39 is 74.2 Å². The maximum atomic E-state index is 13.2. The molecule has 1 heterocycles. The zero-order valence-corrected chi connectivity index (χ0v) is 53.8. The topological polar surface area (TPSA) is 189 Å². The number of unbranched alkanes of at least 4 members (excludes halogenated alkanes) is 47. The number of ether oxygens (including phenoxy) is 2. The number of aliphatic hydroxyl groups is 7. The van der Waals surface area contributed by atoms with Crippen LogP contribution in [0.5, 0.6) is 0 Å². The van der Waals surface area contributed by atoms with Crippen molar-refractivity contribution in [3.63, 3.8) is 0 Å². The second kappa shape index (κ2) is 59.9. The summed E-state index contributed by atoms with van der Waals surface area (Å²) in [6.45, 7) is 3.51. The lowest BCUT2D eigenvalue weighted by Crippen LogP contribution is -2.60. The van der Waals surface area contributed by atoms with Crippen molar-refractivity contribution in [3.8, 4) is 0 Å². The molecule has 82 heavy (non-hydrogen) atoms. The predicted octanol–water partition coefficient (Wildman–Crippen LogP) is 17.2. The van der Waals surface area contributed by atoms with Crippen LogP contribution in [0.1, 0.15) is 354 Å². The molecule has 486 valence electrons. The molecule has 9 atom stereocenters. The van der Waals surface area contributed by atoms with Crippen molar-refractivity contribution in [1.82, 2.24) is 5.32 Å². The fourth-order valence-electron chi connectivity index (χ4n) is 11.8. The number of carbonyl (C=O) groups is 1. The molecule has 0 radical (unpaired) electrons. The summed E-state index contributed by atoms with van der Waals surface area (Å²) in [5.41, 5.74) is 0. The van der Waals surface area contributed by atoms with E-state index in [1.54, 1.807) is 0 Å². The molecule has 1 rings (SSSR count). The van der Waals surface area contributed by atoms with E-state index in [2.05, 4.69) is 43.5 Å². The van der Waals surface area contributed by atoms with Crippen LogP contribution in [0, 0.1) is 0 Å². The standard InChI is InChI=1S/C71H137NO10/c1-3-5-7-9-11-13-15-17-19-21-23-25-27-29-30-31-32-33-34-35-37-38-40-42-44-46-48-50-52-54-56-58-63(74)66(76)62(61-81-71-69(79)68(78)67(77)65(60-73)82-71)72-70(80)64(75)59-57-55-53-51-49-47-45-43-41-39-36-28-26-24-22-20-18-16-14-12-10-8-6-4-2/h24,26,36,39,62-69,71,73-79H,3-23,25,27-35,37-38,40-61H2,1-2H3,(H,72,80)/b26-24-,39-36-. The van der Waals surface area contributed by atoms with Crippen LogP contribution in [-0.2, 0) is 14.3 Å². The van der Waals surface area contributed by atoms with E-state index in [0.717, 1.165) is 51.4 Å². The lowest BCUT2D eigenvalue weighted by atomic mass is 9.98. The van der Waals surface area contributed by atoms with E-state index in [9.17, 15) is 40.5 Å². The minimum atomic E-state index is -1.66. The summed E-state index contributed by atoms with van der Waals surface area (Å²) in [4.78, 5) is 13.2. The van der Waals surface area contributed by atoms with Gasteiger partial charge in [-0.2, -0.15) is 0 Å². The molecule has 8 N–H and O–H groups in total. The highest BCUT2D eigenvalue weighted by Crippen LogP contribution is 2.24. The summed E-state index contributed by atoms with van der Waals surface area (Å²) in [6.07, 6.45) is 64.0. The molecule has 1 aliphatic heterocycles. The van der Waals surface area contributed by atoms with Gasteiger partial charge in [-0.05, 0) is 44.9 Å². The third-order valence-electron chi connectivity index (χ3n) is 17.5. The van der Waals surface area contributed by atoms with Gasteiger partial charge in [0.1, 0.15) is 36.6 Å². The summed E-state index contributed by atoms with van der Waals surface area (Å²) in [5.74, 6) is -0.696. The van der Waals surface area contributed by atoms with Crippen LogP contribution in [-0.4, -0.2) is 110 Å². The molecule has 1 fully saturated rings. The molecule has 11 heteroatoms. The lowest BCUT2D eigenvalue weighted by Gasteiger charge is -2.40. The molecule has 1 saturated heterocycles. The van der Waals surface area contributed by atoms with Gasteiger partial charge < -0.3 is 50.5 Å². The summed E-state index contributed by atoms with van der Waals surface area (Å²) in [6, 6.07) is -1.17. The summed E-state index contributed by atoms with van der Waals surface area (Å²) in [7, 11) is 0. The van der Waals surface area contributed by atoms with Crippen molar-refractivity contribution < 1.29 is 50.0 Å². The Kier molecular flexibility index (Phi) is 57.4. The first-order chi connectivity index (χ1) is 40.2. The summed E-state index contributed by atoms with van der Waals surface area (Å²) in [5, 5.41) is 76.6. The van der Waals surface area contributed by atoms with E-state index in [0.29, 0.717) is 19.3 Å². The largest absolute Gasteiger partial charge is 0.394 e. The normalized spacial score (nSPS) is 19.2. The van der Waals surface area contributed by atoms with Crippen molar-refractivity contribution in [2.24, 2.45) is 0 Å². The first kappa shape index (κ1) is 78.6. The van der Waals surface area contributed by atoms with Crippen LogP contribution in [0.25, 0.3) is 0 Å². The van der Waals surface area contributed by atoms with E-state index in [1.165, 1.54) is 263 Å². The van der Waals surface area contributed by atoms with Gasteiger partial charge in [-0.1, -0.05) is 334 Å². The van der Waals surface area contributed by atoms with Gasteiger partial charge in [0.05, 0.1) is 25.4 Å². The van der Waals surface area contributed by atoms with Crippen molar-refractivity contribution in [1.29, 1.82) is 0 Å². The van der Waals surface area contributed by atoms with E-state index in [4.69, 9.17) is 9.47 Å². The van der Waals surface area contributed by atoms with Gasteiger partial charge in [-0.25, -0.2) is 0 Å². The van der Waals surface area contributed by atoms with Crippen LogP contribution >= 0.6 is 0 Å². The van der Waals surface area contributed by atoms with E-state index in [-0.39, 0.29) is 6.42 Å². The minimum Gasteiger partial charge on any atom is -0.394 e. The second-order valence-corrected chi connectivity index (χ2v) is 25.3. The third kappa shape index (κ3) is 46.8. The molecule has 0 aromatic rings. The van der Waals surface area contributed by atoms with Crippen LogP contribution < -0.4 is 5.32 Å². The highest BCUT2D eigenvalue weighted by molar-refractivity contribution is 5.80. The van der Waals surface area contributed by atoms with Gasteiger partial charge in [0.15, 0.2) is 6.29 Å². The van der Waals surface area contributed by atoms with Crippen LogP contribution in [0.2, 0.25) is 0 Å². The number of hydrogen-bond donors (Lipinski definition) is 8. The number of allylic oxidation sites excluding steroid dienone is 4. The highest BCUT2D eigenvalue weighted by Gasteiger charge is 2.44. The Bertz CT molecular complexity index is 1380. The number of aliphatic hydroxyl groups excluding tert-OH is 7. The smallest absolute Gasteiger partial charge is 0.249 e. The zero-order valence-electron chi connectivity index (χ0n) is 53.8. The predicted molar refractivity (Wildman–Crippen MR) is 344 cm³/mol. The van der Waals surface area contributed by atoms with Crippen molar-refractivity contribution >= 4 is 5.91 Å².